The monoisotopic (exact) mass is 280 g/mol. The molecule has 0 aliphatic carbocycles. The molecular formula is C14H20N2O2S. The molecule has 1 unspecified atom stereocenters. The summed E-state index contributed by atoms with van der Waals surface area (Å²) in [6, 6.07) is 8.32. The fourth-order valence-electron chi connectivity index (χ4n) is 2.12. The first-order valence-corrected chi connectivity index (χ1v) is 6.97. The summed E-state index contributed by atoms with van der Waals surface area (Å²) >= 11 is 5.31. The highest BCUT2D eigenvalue weighted by Crippen LogP contribution is 2.31. The van der Waals surface area contributed by atoms with E-state index in [4.69, 9.17) is 21.7 Å². The third kappa shape index (κ3) is 4.08. The molecule has 0 saturated carbocycles. The second-order valence-corrected chi connectivity index (χ2v) is 4.88. The lowest BCUT2D eigenvalue weighted by molar-refractivity contribution is 0.195. The van der Waals surface area contributed by atoms with Gasteiger partial charge in [-0.25, -0.2) is 0 Å². The van der Waals surface area contributed by atoms with Crippen LogP contribution in [0.1, 0.15) is 24.4 Å². The highest BCUT2D eigenvalue weighted by molar-refractivity contribution is 7.80. The van der Waals surface area contributed by atoms with Gasteiger partial charge in [-0.15, -0.1) is 0 Å². The Morgan fingerprint density at radius 3 is 3.16 bits per heavy atom. The van der Waals surface area contributed by atoms with E-state index in [-0.39, 0.29) is 6.04 Å². The minimum atomic E-state index is 0.229. The lowest BCUT2D eigenvalue weighted by Gasteiger charge is -2.27. The van der Waals surface area contributed by atoms with Crippen LogP contribution in [0, 0.1) is 0 Å². The van der Waals surface area contributed by atoms with E-state index in [1.54, 1.807) is 7.11 Å². The van der Waals surface area contributed by atoms with E-state index in [1.165, 1.54) is 5.56 Å². The highest BCUT2D eigenvalue weighted by Gasteiger charge is 2.21. The number of hydrogen-bond donors (Lipinski definition) is 2. The summed E-state index contributed by atoms with van der Waals surface area (Å²) in [6.07, 6.45) is 1.87. The topological polar surface area (TPSA) is 42.5 Å². The molecule has 1 atom stereocenters. The smallest absolute Gasteiger partial charge is 0.166 e. The summed E-state index contributed by atoms with van der Waals surface area (Å²) in [7, 11) is 1.70. The van der Waals surface area contributed by atoms with Crippen LogP contribution >= 0.6 is 12.2 Å². The molecule has 1 aliphatic rings. The van der Waals surface area contributed by atoms with Gasteiger partial charge >= 0.3 is 0 Å². The first-order chi connectivity index (χ1) is 9.31. The molecule has 2 N–H and O–H groups in total. The van der Waals surface area contributed by atoms with Crippen LogP contribution in [-0.2, 0) is 4.74 Å². The van der Waals surface area contributed by atoms with Crippen molar-refractivity contribution < 1.29 is 9.47 Å². The maximum atomic E-state index is 5.63. The second-order valence-electron chi connectivity index (χ2n) is 4.47. The molecule has 1 aliphatic heterocycles. The van der Waals surface area contributed by atoms with E-state index in [2.05, 4.69) is 16.7 Å². The van der Waals surface area contributed by atoms with Gasteiger partial charge in [-0.2, -0.15) is 0 Å². The van der Waals surface area contributed by atoms with E-state index >= 15 is 0 Å². The number of hydrogen-bond acceptors (Lipinski definition) is 3. The number of ether oxygens (including phenoxy) is 2. The number of thiocarbonyl (C=S) groups is 1. The Kier molecular flexibility index (Phi) is 5.42. The SMILES string of the molecule is COCCCNC(=S)NC1CCOc2ccccc21. The minimum Gasteiger partial charge on any atom is -0.493 e. The second kappa shape index (κ2) is 7.31. The summed E-state index contributed by atoms with van der Waals surface area (Å²) in [5.74, 6) is 0.952. The molecule has 104 valence electrons. The molecule has 4 nitrogen and oxygen atoms in total. The van der Waals surface area contributed by atoms with Gasteiger partial charge in [0.25, 0.3) is 0 Å². The van der Waals surface area contributed by atoms with Crippen molar-refractivity contribution in [3.05, 3.63) is 29.8 Å². The molecule has 0 aromatic heterocycles. The van der Waals surface area contributed by atoms with E-state index in [0.29, 0.717) is 5.11 Å². The van der Waals surface area contributed by atoms with Gasteiger partial charge in [-0.05, 0) is 24.7 Å². The van der Waals surface area contributed by atoms with Crippen molar-refractivity contribution in [2.24, 2.45) is 0 Å². The van der Waals surface area contributed by atoms with Crippen LogP contribution in [0.2, 0.25) is 0 Å². The van der Waals surface area contributed by atoms with Crippen LogP contribution in [0.4, 0.5) is 0 Å². The number of fused-ring (bicyclic) bond motifs is 1. The highest BCUT2D eigenvalue weighted by atomic mass is 32.1. The predicted molar refractivity (Wildman–Crippen MR) is 79.5 cm³/mol. The van der Waals surface area contributed by atoms with E-state index in [1.807, 2.05) is 18.2 Å². The van der Waals surface area contributed by atoms with Gasteiger partial charge in [0, 0.05) is 32.2 Å². The molecule has 0 saturated heterocycles. The van der Waals surface area contributed by atoms with Gasteiger partial charge in [0.05, 0.1) is 12.6 Å². The van der Waals surface area contributed by atoms with Gasteiger partial charge in [0.15, 0.2) is 5.11 Å². The molecule has 5 heteroatoms. The normalized spacial score (nSPS) is 17.2. The van der Waals surface area contributed by atoms with E-state index in [9.17, 15) is 0 Å². The van der Waals surface area contributed by atoms with Crippen LogP contribution in [0.25, 0.3) is 0 Å². The lowest BCUT2D eigenvalue weighted by atomic mass is 10.0. The quantitative estimate of drug-likeness (QED) is 0.638. The van der Waals surface area contributed by atoms with Gasteiger partial charge in [-0.1, -0.05) is 18.2 Å². The first kappa shape index (κ1) is 14.1. The molecule has 0 radical (unpaired) electrons. The molecule has 0 spiro atoms. The lowest BCUT2D eigenvalue weighted by Crippen LogP contribution is -2.39. The fraction of sp³-hybridized carbons (Fsp3) is 0.500. The zero-order valence-corrected chi connectivity index (χ0v) is 12.0. The fourth-order valence-corrected chi connectivity index (χ4v) is 2.36. The van der Waals surface area contributed by atoms with Crippen LogP contribution in [0.15, 0.2) is 24.3 Å². The zero-order valence-electron chi connectivity index (χ0n) is 11.1. The van der Waals surface area contributed by atoms with E-state index in [0.717, 1.165) is 38.3 Å². The van der Waals surface area contributed by atoms with Gasteiger partial charge < -0.3 is 20.1 Å². The zero-order chi connectivity index (χ0) is 13.5. The largest absolute Gasteiger partial charge is 0.493 e. The molecule has 1 aromatic rings. The van der Waals surface area contributed by atoms with Gasteiger partial charge in [0.2, 0.25) is 0 Å². The summed E-state index contributed by atoms with van der Waals surface area (Å²) in [5, 5.41) is 7.24. The van der Waals surface area contributed by atoms with Crippen molar-refractivity contribution in [3.8, 4) is 5.75 Å². The Balaban J connectivity index is 1.85. The third-order valence-electron chi connectivity index (χ3n) is 3.07. The molecule has 1 heterocycles. The first-order valence-electron chi connectivity index (χ1n) is 6.56. The summed E-state index contributed by atoms with van der Waals surface area (Å²) in [6.45, 7) is 2.29. The molecule has 1 aromatic carbocycles. The molecule has 19 heavy (non-hydrogen) atoms. The molecule has 0 bridgehead atoms. The Morgan fingerprint density at radius 1 is 1.47 bits per heavy atom. The molecule has 0 amide bonds. The number of rotatable bonds is 5. The molecular weight excluding hydrogens is 260 g/mol. The van der Waals surface area contributed by atoms with Crippen molar-refractivity contribution in [2.75, 3.05) is 26.9 Å². The average Bonchev–Trinajstić information content (AvgIpc) is 2.44. The average molecular weight is 280 g/mol. The molecule has 2 rings (SSSR count). The Labute approximate surface area is 119 Å². The van der Waals surface area contributed by atoms with Crippen molar-refractivity contribution in [1.29, 1.82) is 0 Å². The van der Waals surface area contributed by atoms with Crippen molar-refractivity contribution in [1.82, 2.24) is 10.6 Å². The van der Waals surface area contributed by atoms with Gasteiger partial charge in [-0.3, -0.25) is 0 Å². The van der Waals surface area contributed by atoms with Crippen LogP contribution < -0.4 is 15.4 Å². The Hall–Kier alpha value is -1.33. The summed E-state index contributed by atoms with van der Waals surface area (Å²) in [4.78, 5) is 0. The maximum Gasteiger partial charge on any atom is 0.166 e. The number of para-hydroxylation sites is 1. The van der Waals surface area contributed by atoms with Crippen molar-refractivity contribution in [3.63, 3.8) is 0 Å². The number of benzene rings is 1. The Morgan fingerprint density at radius 2 is 2.32 bits per heavy atom. The van der Waals surface area contributed by atoms with E-state index < -0.39 is 0 Å². The van der Waals surface area contributed by atoms with Crippen LogP contribution in [-0.4, -0.2) is 32.0 Å². The summed E-state index contributed by atoms with van der Waals surface area (Å²) < 4.78 is 10.6. The van der Waals surface area contributed by atoms with Crippen LogP contribution in [0.5, 0.6) is 5.75 Å². The van der Waals surface area contributed by atoms with Crippen LogP contribution in [0.3, 0.4) is 0 Å². The maximum absolute atomic E-state index is 5.63. The minimum absolute atomic E-state index is 0.229. The summed E-state index contributed by atoms with van der Waals surface area (Å²) in [5.41, 5.74) is 1.18. The standard InChI is InChI=1S/C14H20N2O2S/c1-17-9-4-8-15-14(19)16-12-7-10-18-13-6-3-2-5-11(12)13/h2-3,5-6,12H,4,7-10H2,1H3,(H2,15,16,19). The number of methoxy groups -OCH3 is 1. The third-order valence-corrected chi connectivity index (χ3v) is 3.34. The molecule has 0 fully saturated rings. The number of nitrogens with one attached hydrogen (secondary N) is 2. The van der Waals surface area contributed by atoms with Gasteiger partial charge in [0.1, 0.15) is 5.75 Å². The van der Waals surface area contributed by atoms with Crippen molar-refractivity contribution >= 4 is 17.3 Å². The van der Waals surface area contributed by atoms with Crippen molar-refractivity contribution in [2.45, 2.75) is 18.9 Å². The Bertz CT molecular complexity index is 426. The predicted octanol–water partition coefficient (Wildman–Crippen LogP) is 2.01.